The van der Waals surface area contributed by atoms with Crippen LogP contribution >= 0.6 is 67.8 Å². The molecule has 2 aromatic rings. The molecule has 6 heteroatoms. The largest absolute Gasteiger partial charge is 0.473 e. The van der Waals surface area contributed by atoms with Crippen LogP contribution in [-0.4, -0.2) is 9.22 Å². The summed E-state index contributed by atoms with van der Waals surface area (Å²) in [6.07, 6.45) is 2.01. The van der Waals surface area contributed by atoms with Gasteiger partial charge in [-0.3, -0.25) is 0 Å². The van der Waals surface area contributed by atoms with Crippen molar-refractivity contribution in [2.45, 2.75) is 39.3 Å². The van der Waals surface area contributed by atoms with Gasteiger partial charge in [0, 0.05) is 12.6 Å². The Morgan fingerprint density at radius 3 is 2.52 bits per heavy atom. The van der Waals surface area contributed by atoms with Gasteiger partial charge in [-0.1, -0.05) is 112 Å². The lowest BCUT2D eigenvalue weighted by molar-refractivity contribution is 0.268. The summed E-state index contributed by atoms with van der Waals surface area (Å²) in [4.78, 5) is 0. The second-order valence-electron chi connectivity index (χ2n) is 5.56. The molecule has 0 aliphatic carbocycles. The van der Waals surface area contributed by atoms with E-state index in [0.29, 0.717) is 12.5 Å². The first kappa shape index (κ1) is 19.7. The number of rotatable bonds is 8. The van der Waals surface area contributed by atoms with Gasteiger partial charge in [0.05, 0.1) is 5.69 Å². The van der Waals surface area contributed by atoms with Gasteiger partial charge < -0.3 is 4.74 Å². The number of nitrogens with zero attached hydrogens (tertiary/aromatic N) is 2. The Labute approximate surface area is 179 Å². The van der Waals surface area contributed by atoms with Crippen molar-refractivity contribution in [1.29, 1.82) is 0 Å². The van der Waals surface area contributed by atoms with E-state index in [2.05, 4.69) is 105 Å². The molecule has 0 saturated carbocycles. The minimum absolute atomic E-state index is 0.235. The Balaban J connectivity index is 2.02. The number of halogens is 3. The molecule has 2 rings (SSSR count). The highest BCUT2D eigenvalue weighted by molar-refractivity contribution is 14.3. The summed E-state index contributed by atoms with van der Waals surface area (Å²) in [7, 11) is 0. The summed E-state index contributed by atoms with van der Waals surface area (Å²) in [5.74, 6) is 1.47. The maximum atomic E-state index is 6.02. The maximum Gasteiger partial charge on any atom is 0.212 e. The zero-order valence-corrected chi connectivity index (χ0v) is 19.8. The van der Waals surface area contributed by atoms with Crippen LogP contribution in [0.25, 0.3) is 0 Å². The highest BCUT2D eigenvalue weighted by Crippen LogP contribution is 2.44. The average Bonchev–Trinajstić information content (AvgIpc) is 2.93. The second-order valence-corrected chi connectivity index (χ2v) is 16.9. The number of hydrogen-bond donors (Lipinski definition) is 0. The molecule has 0 amide bonds. The Kier molecular flexibility index (Phi) is 7.90. The van der Waals surface area contributed by atoms with Gasteiger partial charge in [-0.15, -0.1) is 0 Å². The molecule has 0 aliphatic rings. The fourth-order valence-electron chi connectivity index (χ4n) is 2.11. The molecule has 0 saturated heterocycles. The lowest BCUT2D eigenvalue weighted by atomic mass is 10.1. The number of ether oxygens (including phenoxy) is 1. The minimum atomic E-state index is 0.235. The number of alkyl halides is 3. The van der Waals surface area contributed by atoms with Gasteiger partial charge in [-0.2, -0.15) is 5.10 Å². The molecule has 1 atom stereocenters. The van der Waals surface area contributed by atoms with E-state index in [1.807, 2.05) is 22.9 Å². The van der Waals surface area contributed by atoms with E-state index in [-0.39, 0.29) is -0.565 Å². The zero-order chi connectivity index (χ0) is 16.9. The molecule has 1 aromatic heterocycles. The van der Waals surface area contributed by atoms with Crippen LogP contribution in [0.5, 0.6) is 5.88 Å². The molecule has 0 spiro atoms. The van der Waals surface area contributed by atoms with Crippen LogP contribution in [0.3, 0.4) is 0 Å². The topological polar surface area (TPSA) is 27.1 Å². The van der Waals surface area contributed by atoms with Gasteiger partial charge >= 0.3 is 0 Å². The van der Waals surface area contributed by atoms with Crippen LogP contribution in [0.1, 0.15) is 31.5 Å². The molecule has 1 heterocycles. The van der Waals surface area contributed by atoms with Crippen molar-refractivity contribution in [1.82, 2.24) is 9.78 Å². The van der Waals surface area contributed by atoms with Gasteiger partial charge in [0.1, 0.15) is 6.04 Å². The zero-order valence-electron chi connectivity index (χ0n) is 13.3. The smallest absolute Gasteiger partial charge is 0.212 e. The van der Waals surface area contributed by atoms with E-state index in [0.717, 1.165) is 31.0 Å². The lowest BCUT2D eigenvalue weighted by Crippen LogP contribution is -2.16. The number of benzene rings is 1. The van der Waals surface area contributed by atoms with Crippen molar-refractivity contribution < 1.29 is 4.74 Å². The first-order valence-electron chi connectivity index (χ1n) is 7.70. The Hall–Kier alpha value is 0.420. The molecule has 0 aliphatic heterocycles. The molecule has 3 nitrogen and oxygen atoms in total. The normalized spacial score (nSPS) is 13.1. The first-order chi connectivity index (χ1) is 10.9. The lowest BCUT2D eigenvalue weighted by Gasteiger charge is -2.21. The Morgan fingerprint density at radius 2 is 1.91 bits per heavy atom. The molecular weight excluding hydrogens is 629 g/mol. The van der Waals surface area contributed by atoms with Crippen molar-refractivity contribution >= 4 is 67.8 Å². The molecule has 1 aromatic carbocycles. The van der Waals surface area contributed by atoms with Gasteiger partial charge in [0.15, 0.2) is 0 Å². The van der Waals surface area contributed by atoms with E-state index in [1.165, 1.54) is 5.56 Å². The Morgan fingerprint density at radius 1 is 1.22 bits per heavy atom. The fourth-order valence-corrected chi connectivity index (χ4v) is 3.04. The number of aromatic nitrogens is 2. The van der Waals surface area contributed by atoms with Crippen LogP contribution in [0.2, 0.25) is 0 Å². The number of aryl methyl sites for hydroxylation is 2. The summed E-state index contributed by atoms with van der Waals surface area (Å²) >= 11 is 7.51. The summed E-state index contributed by atoms with van der Waals surface area (Å²) in [5.41, 5.74) is 2.27. The third-order valence-corrected chi connectivity index (χ3v) is 6.91. The number of hydrogen-bond acceptors (Lipinski definition) is 2. The molecule has 23 heavy (non-hydrogen) atoms. The van der Waals surface area contributed by atoms with Crippen molar-refractivity contribution in [2.24, 2.45) is 5.92 Å². The highest BCUT2D eigenvalue weighted by Gasteiger charge is 2.26. The van der Waals surface area contributed by atoms with Crippen LogP contribution in [0, 0.1) is 5.92 Å². The minimum Gasteiger partial charge on any atom is -0.473 e. The Bertz CT molecular complexity index is 608. The van der Waals surface area contributed by atoms with Crippen molar-refractivity contribution in [3.63, 3.8) is 0 Å². The fraction of sp³-hybridized carbons (Fsp3) is 0.471. The molecule has 0 fully saturated rings. The predicted octanol–water partition coefficient (Wildman–Crippen LogP) is 6.01. The molecular formula is C17H21I3N2O. The van der Waals surface area contributed by atoms with Crippen LogP contribution in [-0.2, 0) is 19.6 Å². The van der Waals surface area contributed by atoms with E-state index >= 15 is 0 Å². The summed E-state index contributed by atoms with van der Waals surface area (Å²) in [5, 5.41) is 4.68. The van der Waals surface area contributed by atoms with Gasteiger partial charge in [0.2, 0.25) is 5.88 Å². The van der Waals surface area contributed by atoms with Crippen molar-refractivity contribution in [3.05, 3.63) is 47.7 Å². The second kappa shape index (κ2) is 9.21. The first-order valence-corrected chi connectivity index (χ1v) is 10.9. The molecule has 0 radical (unpaired) electrons. The van der Waals surface area contributed by atoms with Gasteiger partial charge in [-0.25, -0.2) is 4.68 Å². The summed E-state index contributed by atoms with van der Waals surface area (Å²) in [6.45, 7) is 5.89. The standard InChI is InChI=1S/C17H21I3N2O/c1-3-15-11-16(23-12-14-7-5-4-6-8-14)22(21-15)10-9-13(2)17(18,19)20/h4-8,11,13H,3,9-10,12H2,1-2H3. The molecule has 126 valence electrons. The van der Waals surface area contributed by atoms with E-state index < -0.39 is 0 Å². The SMILES string of the molecule is CCc1cc(OCc2ccccc2)n(CCC(C)C(I)(I)I)n1. The van der Waals surface area contributed by atoms with Crippen molar-refractivity contribution in [3.8, 4) is 5.88 Å². The van der Waals surface area contributed by atoms with Crippen molar-refractivity contribution in [2.75, 3.05) is 0 Å². The van der Waals surface area contributed by atoms with E-state index in [4.69, 9.17) is 4.74 Å². The van der Waals surface area contributed by atoms with Crippen LogP contribution < -0.4 is 4.74 Å². The van der Waals surface area contributed by atoms with Gasteiger partial charge in [0.25, 0.3) is 0 Å². The van der Waals surface area contributed by atoms with E-state index in [1.54, 1.807) is 0 Å². The highest BCUT2D eigenvalue weighted by atomic mass is 127. The monoisotopic (exact) mass is 650 g/mol. The quantitative estimate of drug-likeness (QED) is 0.259. The third-order valence-electron chi connectivity index (χ3n) is 3.72. The average molecular weight is 650 g/mol. The van der Waals surface area contributed by atoms with Crippen LogP contribution in [0.4, 0.5) is 0 Å². The summed E-state index contributed by atoms with van der Waals surface area (Å²) < 4.78 is 8.28. The summed E-state index contributed by atoms with van der Waals surface area (Å²) in [6, 6.07) is 12.3. The van der Waals surface area contributed by atoms with E-state index in [9.17, 15) is 0 Å². The molecule has 1 unspecified atom stereocenters. The van der Waals surface area contributed by atoms with Crippen LogP contribution in [0.15, 0.2) is 36.4 Å². The molecule has 0 bridgehead atoms. The van der Waals surface area contributed by atoms with Gasteiger partial charge in [-0.05, 0) is 24.3 Å². The third kappa shape index (κ3) is 6.33. The maximum absolute atomic E-state index is 6.02. The predicted molar refractivity (Wildman–Crippen MR) is 121 cm³/mol. The molecule has 0 N–H and O–H groups in total.